The molecule has 0 aromatic heterocycles. The molecule has 0 saturated heterocycles. The Balaban J connectivity index is 1.65. The maximum absolute atomic E-state index is 12.2. The van der Waals surface area contributed by atoms with Crippen molar-refractivity contribution in [2.45, 2.75) is 33.6 Å². The molecule has 0 atom stereocenters. The van der Waals surface area contributed by atoms with Gasteiger partial charge in [-0.2, -0.15) is 0 Å². The molecule has 2 amide bonds. The second kappa shape index (κ2) is 8.25. The molecule has 0 bridgehead atoms. The fourth-order valence-corrected chi connectivity index (χ4v) is 3.26. The van der Waals surface area contributed by atoms with Crippen LogP contribution in [0.2, 0.25) is 0 Å². The van der Waals surface area contributed by atoms with Crippen molar-refractivity contribution in [1.29, 1.82) is 0 Å². The number of nitrogens with one attached hydrogen (secondary N) is 1. The van der Waals surface area contributed by atoms with Crippen LogP contribution in [0, 0.1) is 12.8 Å². The van der Waals surface area contributed by atoms with Crippen LogP contribution in [0.25, 0.3) is 0 Å². The number of carbonyl (C=O) groups is 2. The second-order valence-corrected chi connectivity index (χ2v) is 7.34. The molecule has 0 radical (unpaired) electrons. The second-order valence-electron chi connectivity index (χ2n) is 7.34. The first-order valence-electron chi connectivity index (χ1n) is 9.35. The molecule has 27 heavy (non-hydrogen) atoms. The Morgan fingerprint density at radius 1 is 1.19 bits per heavy atom. The lowest BCUT2D eigenvalue weighted by Gasteiger charge is -2.31. The van der Waals surface area contributed by atoms with Crippen LogP contribution in [0.4, 0.5) is 11.4 Å². The number of aryl methyl sites for hydroxylation is 2. The average Bonchev–Trinajstić information content (AvgIpc) is 2.63. The summed E-state index contributed by atoms with van der Waals surface area (Å²) in [5.74, 6) is 1.07. The van der Waals surface area contributed by atoms with E-state index in [0.717, 1.165) is 22.5 Å². The number of ether oxygens (including phenoxy) is 1. The van der Waals surface area contributed by atoms with Gasteiger partial charge in [-0.05, 0) is 54.7 Å². The Labute approximate surface area is 160 Å². The number of hydrogen-bond donors (Lipinski definition) is 1. The fraction of sp³-hybridized carbons (Fsp3) is 0.364. The fourth-order valence-electron chi connectivity index (χ4n) is 3.26. The first-order valence-corrected chi connectivity index (χ1v) is 9.35. The summed E-state index contributed by atoms with van der Waals surface area (Å²) in [5, 5.41) is 2.88. The van der Waals surface area contributed by atoms with Crippen molar-refractivity contribution in [3.63, 3.8) is 0 Å². The molecule has 3 rings (SSSR count). The van der Waals surface area contributed by atoms with Gasteiger partial charge in [-0.1, -0.05) is 32.0 Å². The van der Waals surface area contributed by atoms with E-state index in [1.54, 1.807) is 0 Å². The minimum atomic E-state index is -0.205. The molecule has 0 aliphatic carbocycles. The van der Waals surface area contributed by atoms with Gasteiger partial charge in [0.2, 0.25) is 5.91 Å². The highest BCUT2D eigenvalue weighted by Gasteiger charge is 2.24. The molecule has 5 nitrogen and oxygen atoms in total. The highest BCUT2D eigenvalue weighted by atomic mass is 16.5. The summed E-state index contributed by atoms with van der Waals surface area (Å²) in [4.78, 5) is 26.3. The Hall–Kier alpha value is -2.82. The van der Waals surface area contributed by atoms with Gasteiger partial charge in [-0.25, -0.2) is 0 Å². The van der Waals surface area contributed by atoms with Crippen LogP contribution in [-0.4, -0.2) is 25.0 Å². The van der Waals surface area contributed by atoms with Crippen molar-refractivity contribution in [2.75, 3.05) is 23.4 Å². The Morgan fingerprint density at radius 2 is 1.96 bits per heavy atom. The van der Waals surface area contributed by atoms with E-state index in [1.165, 1.54) is 0 Å². The number of para-hydroxylation sites is 1. The zero-order chi connectivity index (χ0) is 19.4. The number of fused-ring (bicyclic) bond motifs is 1. The van der Waals surface area contributed by atoms with Crippen LogP contribution >= 0.6 is 0 Å². The van der Waals surface area contributed by atoms with Gasteiger partial charge < -0.3 is 15.0 Å². The predicted molar refractivity (Wildman–Crippen MR) is 107 cm³/mol. The number of nitrogens with zero attached hydrogens (tertiary/aromatic N) is 1. The minimum Gasteiger partial charge on any atom is -0.483 e. The molecule has 0 spiro atoms. The van der Waals surface area contributed by atoms with Gasteiger partial charge in [0.1, 0.15) is 5.75 Å². The van der Waals surface area contributed by atoms with Gasteiger partial charge in [0.05, 0.1) is 0 Å². The molecule has 0 saturated carbocycles. The molecule has 2 aromatic carbocycles. The highest BCUT2D eigenvalue weighted by Crippen LogP contribution is 2.31. The summed E-state index contributed by atoms with van der Waals surface area (Å²) in [7, 11) is 0. The van der Waals surface area contributed by atoms with Crippen LogP contribution in [0.3, 0.4) is 0 Å². The van der Waals surface area contributed by atoms with E-state index in [0.29, 0.717) is 31.1 Å². The average molecular weight is 366 g/mol. The van der Waals surface area contributed by atoms with Crippen LogP contribution in [0.5, 0.6) is 5.75 Å². The maximum atomic E-state index is 12.2. The largest absolute Gasteiger partial charge is 0.483 e. The number of anilines is 2. The van der Waals surface area contributed by atoms with E-state index in [-0.39, 0.29) is 18.4 Å². The lowest BCUT2D eigenvalue weighted by atomic mass is 9.99. The summed E-state index contributed by atoms with van der Waals surface area (Å²) in [6.45, 7) is 6.82. The summed E-state index contributed by atoms with van der Waals surface area (Å²) in [5.41, 5.74) is 3.77. The number of rotatable bonds is 6. The molecule has 2 aromatic rings. The van der Waals surface area contributed by atoms with E-state index < -0.39 is 0 Å². The number of carbonyl (C=O) groups excluding carboxylic acids is 2. The monoisotopic (exact) mass is 366 g/mol. The van der Waals surface area contributed by atoms with Crippen LogP contribution < -0.4 is 15.0 Å². The van der Waals surface area contributed by atoms with Gasteiger partial charge in [-0.15, -0.1) is 0 Å². The van der Waals surface area contributed by atoms with Gasteiger partial charge >= 0.3 is 0 Å². The molecule has 0 fully saturated rings. The van der Waals surface area contributed by atoms with Crippen molar-refractivity contribution < 1.29 is 14.3 Å². The van der Waals surface area contributed by atoms with Crippen LogP contribution in [0.1, 0.15) is 31.4 Å². The Morgan fingerprint density at radius 3 is 2.70 bits per heavy atom. The molecule has 1 N–H and O–H groups in total. The van der Waals surface area contributed by atoms with Crippen molar-refractivity contribution in [2.24, 2.45) is 5.92 Å². The van der Waals surface area contributed by atoms with Crippen molar-refractivity contribution in [3.05, 3.63) is 53.6 Å². The van der Waals surface area contributed by atoms with Crippen molar-refractivity contribution >= 4 is 23.2 Å². The zero-order valence-electron chi connectivity index (χ0n) is 16.1. The normalized spacial score (nSPS) is 13.5. The Bertz CT molecular complexity index is 845. The molecule has 1 heterocycles. The van der Waals surface area contributed by atoms with Crippen molar-refractivity contribution in [3.8, 4) is 5.75 Å². The van der Waals surface area contributed by atoms with Gasteiger partial charge in [-0.3, -0.25) is 9.59 Å². The third kappa shape index (κ3) is 4.67. The standard InChI is InChI=1S/C22H26N2O3/c1-15(2)13-24-19-10-9-18(12-17(19)8-11-22(24)26)23-21(25)14-27-20-7-5-4-6-16(20)3/h4-7,9-10,12,15H,8,11,13-14H2,1-3H3,(H,23,25). The number of amides is 2. The van der Waals surface area contributed by atoms with Crippen LogP contribution in [0.15, 0.2) is 42.5 Å². The predicted octanol–water partition coefficient (Wildman–Crippen LogP) is 3.95. The molecule has 5 heteroatoms. The maximum Gasteiger partial charge on any atom is 0.262 e. The van der Waals surface area contributed by atoms with Crippen molar-refractivity contribution in [1.82, 2.24) is 0 Å². The van der Waals surface area contributed by atoms with E-state index in [2.05, 4.69) is 19.2 Å². The number of hydrogen-bond acceptors (Lipinski definition) is 3. The van der Waals surface area contributed by atoms with Gasteiger partial charge in [0.15, 0.2) is 6.61 Å². The van der Waals surface area contributed by atoms with E-state index in [9.17, 15) is 9.59 Å². The SMILES string of the molecule is Cc1ccccc1OCC(=O)Nc1ccc2c(c1)CCC(=O)N2CC(C)C. The summed E-state index contributed by atoms with van der Waals surface area (Å²) < 4.78 is 5.59. The van der Waals surface area contributed by atoms with Gasteiger partial charge in [0.25, 0.3) is 5.91 Å². The lowest BCUT2D eigenvalue weighted by Crippen LogP contribution is -2.37. The quantitative estimate of drug-likeness (QED) is 0.842. The summed E-state index contributed by atoms with van der Waals surface area (Å²) >= 11 is 0. The molecule has 142 valence electrons. The zero-order valence-corrected chi connectivity index (χ0v) is 16.1. The van der Waals surface area contributed by atoms with E-state index >= 15 is 0 Å². The minimum absolute atomic E-state index is 0.0418. The first-order chi connectivity index (χ1) is 12.9. The first kappa shape index (κ1) is 19.0. The number of benzene rings is 2. The summed E-state index contributed by atoms with van der Waals surface area (Å²) in [6.07, 6.45) is 1.21. The lowest BCUT2D eigenvalue weighted by molar-refractivity contribution is -0.119. The molecular formula is C22H26N2O3. The molecule has 0 unspecified atom stereocenters. The van der Waals surface area contributed by atoms with E-state index in [4.69, 9.17) is 4.74 Å². The van der Waals surface area contributed by atoms with E-state index in [1.807, 2.05) is 54.3 Å². The Kier molecular flexibility index (Phi) is 5.79. The summed E-state index contributed by atoms with van der Waals surface area (Å²) in [6, 6.07) is 13.3. The van der Waals surface area contributed by atoms with Crippen LogP contribution in [-0.2, 0) is 16.0 Å². The third-order valence-electron chi connectivity index (χ3n) is 4.56. The highest BCUT2D eigenvalue weighted by molar-refractivity contribution is 5.97. The topological polar surface area (TPSA) is 58.6 Å². The third-order valence-corrected chi connectivity index (χ3v) is 4.56. The molecular weight excluding hydrogens is 340 g/mol. The van der Waals surface area contributed by atoms with Gasteiger partial charge in [0, 0.05) is 24.3 Å². The smallest absolute Gasteiger partial charge is 0.262 e. The molecule has 1 aliphatic rings. The molecule has 1 aliphatic heterocycles.